The molecule has 5 aromatic rings. The van der Waals surface area contributed by atoms with E-state index in [0.29, 0.717) is 0 Å². The lowest BCUT2D eigenvalue weighted by Gasteiger charge is -2.11. The van der Waals surface area contributed by atoms with Crippen LogP contribution in [0.5, 0.6) is 0 Å². The fraction of sp³-hybridized carbons (Fsp3) is 0.0435. The molecule has 3 nitrogen and oxygen atoms in total. The Morgan fingerprint density at radius 2 is 1.27 bits per heavy atom. The minimum Gasteiger partial charge on any atom is -0.290 e. The number of aryl methyl sites for hydroxylation is 1. The molecule has 2 heterocycles. The lowest BCUT2D eigenvalue weighted by atomic mass is 10.1. The molecule has 0 N–H and O–H groups in total. The number of aromatic nitrogens is 3. The second kappa shape index (κ2) is 5.81. The van der Waals surface area contributed by atoms with E-state index in [1.54, 1.807) is 0 Å². The highest BCUT2D eigenvalue weighted by Crippen LogP contribution is 2.33. The van der Waals surface area contributed by atoms with Gasteiger partial charge in [-0.3, -0.25) is 4.57 Å². The molecule has 0 saturated carbocycles. The first-order valence-electron chi connectivity index (χ1n) is 8.71. The van der Waals surface area contributed by atoms with E-state index in [2.05, 4.69) is 65.2 Å². The standard InChI is InChI=1S/C23H17N3/c1-16-19-14-8-9-15-20(19)21-22(24-16)25-23(17-10-4-2-5-11-17)26(21)18-12-6-3-7-13-18/h2-15H,1H3. The van der Waals surface area contributed by atoms with E-state index in [9.17, 15) is 0 Å². The van der Waals surface area contributed by atoms with E-state index in [1.165, 1.54) is 5.39 Å². The van der Waals surface area contributed by atoms with Crippen LogP contribution in [0.4, 0.5) is 0 Å². The Morgan fingerprint density at radius 3 is 2.00 bits per heavy atom. The Balaban J connectivity index is 1.98. The Hall–Kier alpha value is -3.46. The Labute approximate surface area is 151 Å². The summed E-state index contributed by atoms with van der Waals surface area (Å²) in [6, 6.07) is 29.1. The lowest BCUT2D eigenvalue weighted by Crippen LogP contribution is -1.98. The first kappa shape index (κ1) is 14.8. The van der Waals surface area contributed by atoms with Crippen LogP contribution in [0.15, 0.2) is 84.9 Å². The van der Waals surface area contributed by atoms with Gasteiger partial charge in [0.05, 0.1) is 0 Å². The average molecular weight is 335 g/mol. The van der Waals surface area contributed by atoms with Crippen molar-refractivity contribution in [2.75, 3.05) is 0 Å². The number of hydrogen-bond donors (Lipinski definition) is 0. The van der Waals surface area contributed by atoms with Gasteiger partial charge in [-0.25, -0.2) is 9.97 Å². The number of nitrogens with zero attached hydrogens (tertiary/aromatic N) is 3. The molecule has 0 saturated heterocycles. The van der Waals surface area contributed by atoms with Gasteiger partial charge in [0.25, 0.3) is 0 Å². The molecule has 2 aromatic heterocycles. The lowest BCUT2D eigenvalue weighted by molar-refractivity contribution is 1.11. The predicted molar refractivity (Wildman–Crippen MR) is 107 cm³/mol. The molecule has 0 amide bonds. The summed E-state index contributed by atoms with van der Waals surface area (Å²) < 4.78 is 2.22. The zero-order valence-electron chi connectivity index (χ0n) is 14.4. The maximum absolute atomic E-state index is 4.92. The Bertz CT molecular complexity index is 1220. The molecule has 0 aliphatic rings. The van der Waals surface area contributed by atoms with Gasteiger partial charge in [-0.2, -0.15) is 0 Å². The van der Waals surface area contributed by atoms with Crippen molar-refractivity contribution in [3.63, 3.8) is 0 Å². The number of imidazole rings is 1. The van der Waals surface area contributed by atoms with Crippen LogP contribution in [0, 0.1) is 6.92 Å². The monoisotopic (exact) mass is 335 g/mol. The van der Waals surface area contributed by atoms with Gasteiger partial charge in [0.2, 0.25) is 0 Å². The van der Waals surface area contributed by atoms with Crippen molar-refractivity contribution >= 4 is 21.9 Å². The van der Waals surface area contributed by atoms with Crippen LogP contribution in [0.1, 0.15) is 5.69 Å². The van der Waals surface area contributed by atoms with Gasteiger partial charge >= 0.3 is 0 Å². The summed E-state index contributed by atoms with van der Waals surface area (Å²) >= 11 is 0. The van der Waals surface area contributed by atoms with Crippen molar-refractivity contribution in [1.29, 1.82) is 0 Å². The third-order valence-electron chi connectivity index (χ3n) is 4.75. The maximum atomic E-state index is 4.92. The minimum atomic E-state index is 0.781. The zero-order chi connectivity index (χ0) is 17.5. The molecule has 124 valence electrons. The number of pyridine rings is 1. The quantitative estimate of drug-likeness (QED) is 0.423. The van der Waals surface area contributed by atoms with E-state index in [4.69, 9.17) is 9.97 Å². The van der Waals surface area contributed by atoms with Crippen LogP contribution in [-0.4, -0.2) is 14.5 Å². The van der Waals surface area contributed by atoms with Gasteiger partial charge in [-0.1, -0.05) is 72.8 Å². The van der Waals surface area contributed by atoms with E-state index in [0.717, 1.165) is 39.3 Å². The molecular formula is C23H17N3. The highest BCUT2D eigenvalue weighted by atomic mass is 15.1. The molecule has 0 aliphatic carbocycles. The van der Waals surface area contributed by atoms with E-state index in [-0.39, 0.29) is 0 Å². The molecule has 0 fully saturated rings. The van der Waals surface area contributed by atoms with Crippen molar-refractivity contribution < 1.29 is 0 Å². The topological polar surface area (TPSA) is 30.7 Å². The highest BCUT2D eigenvalue weighted by molar-refractivity contribution is 6.05. The van der Waals surface area contributed by atoms with Crippen molar-refractivity contribution in [1.82, 2.24) is 14.5 Å². The number of para-hydroxylation sites is 1. The predicted octanol–water partition coefficient (Wildman–Crippen LogP) is 5.55. The molecule has 26 heavy (non-hydrogen) atoms. The van der Waals surface area contributed by atoms with E-state index < -0.39 is 0 Å². The molecule has 3 aromatic carbocycles. The Morgan fingerprint density at radius 1 is 0.654 bits per heavy atom. The van der Waals surface area contributed by atoms with Gasteiger partial charge in [0.1, 0.15) is 11.3 Å². The zero-order valence-corrected chi connectivity index (χ0v) is 14.4. The maximum Gasteiger partial charge on any atom is 0.179 e. The summed E-state index contributed by atoms with van der Waals surface area (Å²) in [7, 11) is 0. The molecule has 5 rings (SSSR count). The molecule has 0 radical (unpaired) electrons. The van der Waals surface area contributed by atoms with Crippen LogP contribution in [0.3, 0.4) is 0 Å². The SMILES string of the molecule is Cc1nc2nc(-c3ccccc3)n(-c3ccccc3)c2c2ccccc12. The summed E-state index contributed by atoms with van der Waals surface area (Å²) in [5, 5.41) is 2.34. The number of hydrogen-bond acceptors (Lipinski definition) is 2. The smallest absolute Gasteiger partial charge is 0.179 e. The summed E-state index contributed by atoms with van der Waals surface area (Å²) in [5.41, 5.74) is 5.01. The third-order valence-corrected chi connectivity index (χ3v) is 4.75. The molecule has 0 aliphatic heterocycles. The highest BCUT2D eigenvalue weighted by Gasteiger charge is 2.18. The number of rotatable bonds is 2. The second-order valence-corrected chi connectivity index (χ2v) is 6.39. The van der Waals surface area contributed by atoms with Crippen molar-refractivity contribution in [2.45, 2.75) is 6.92 Å². The normalized spacial score (nSPS) is 11.3. The first-order chi connectivity index (χ1) is 12.8. The first-order valence-corrected chi connectivity index (χ1v) is 8.71. The second-order valence-electron chi connectivity index (χ2n) is 6.39. The van der Waals surface area contributed by atoms with Crippen molar-refractivity contribution in [3.05, 3.63) is 90.6 Å². The van der Waals surface area contributed by atoms with Crippen LogP contribution in [0.25, 0.3) is 39.0 Å². The van der Waals surface area contributed by atoms with Gasteiger partial charge in [0, 0.05) is 27.7 Å². The van der Waals surface area contributed by atoms with Gasteiger partial charge in [-0.15, -0.1) is 0 Å². The van der Waals surface area contributed by atoms with Crippen LogP contribution >= 0.6 is 0 Å². The summed E-state index contributed by atoms with van der Waals surface area (Å²) in [4.78, 5) is 9.73. The fourth-order valence-electron chi connectivity index (χ4n) is 3.56. The van der Waals surface area contributed by atoms with Crippen LogP contribution in [0.2, 0.25) is 0 Å². The Kier molecular flexibility index (Phi) is 3.32. The number of fused-ring (bicyclic) bond motifs is 3. The minimum absolute atomic E-state index is 0.781. The van der Waals surface area contributed by atoms with Gasteiger partial charge < -0.3 is 0 Å². The summed E-state index contributed by atoms with van der Waals surface area (Å²) in [6.45, 7) is 2.05. The summed E-state index contributed by atoms with van der Waals surface area (Å²) in [5.74, 6) is 0.912. The molecular weight excluding hydrogens is 318 g/mol. The molecule has 0 spiro atoms. The van der Waals surface area contributed by atoms with E-state index >= 15 is 0 Å². The van der Waals surface area contributed by atoms with Gasteiger partial charge in [-0.05, 0) is 19.1 Å². The average Bonchev–Trinajstić information content (AvgIpc) is 3.09. The van der Waals surface area contributed by atoms with Crippen LogP contribution < -0.4 is 0 Å². The van der Waals surface area contributed by atoms with Crippen molar-refractivity contribution in [2.24, 2.45) is 0 Å². The van der Waals surface area contributed by atoms with Crippen molar-refractivity contribution in [3.8, 4) is 17.1 Å². The molecule has 0 unspecified atom stereocenters. The molecule has 0 bridgehead atoms. The summed E-state index contributed by atoms with van der Waals surface area (Å²) in [6.07, 6.45) is 0. The largest absolute Gasteiger partial charge is 0.290 e. The van der Waals surface area contributed by atoms with Crippen LogP contribution in [-0.2, 0) is 0 Å². The van der Waals surface area contributed by atoms with E-state index in [1.807, 2.05) is 31.2 Å². The number of benzene rings is 3. The molecule has 3 heteroatoms. The fourth-order valence-corrected chi connectivity index (χ4v) is 3.56. The van der Waals surface area contributed by atoms with Gasteiger partial charge in [0.15, 0.2) is 5.65 Å². The third kappa shape index (κ3) is 2.21. The molecule has 0 atom stereocenters.